The van der Waals surface area contributed by atoms with E-state index in [4.69, 9.17) is 4.74 Å². The Labute approximate surface area is 176 Å². The molecule has 1 aromatic carbocycles. The van der Waals surface area contributed by atoms with Gasteiger partial charge in [-0.15, -0.1) is 6.58 Å². The molecule has 0 bridgehead atoms. The molecular weight excluding hydrogens is 387 g/mol. The number of anilines is 2. The fourth-order valence-electron chi connectivity index (χ4n) is 5.50. The molecule has 0 aliphatic carbocycles. The second-order valence-electron chi connectivity index (χ2n) is 8.98. The van der Waals surface area contributed by atoms with Gasteiger partial charge in [0.15, 0.2) is 5.60 Å². The lowest BCUT2D eigenvalue weighted by molar-refractivity contribution is -0.146. The molecule has 1 N–H and O–H groups in total. The van der Waals surface area contributed by atoms with Crippen LogP contribution in [0.1, 0.15) is 39.2 Å². The zero-order valence-corrected chi connectivity index (χ0v) is 17.7. The summed E-state index contributed by atoms with van der Waals surface area (Å²) >= 11 is 0. The van der Waals surface area contributed by atoms with Gasteiger partial charge in [0.05, 0.1) is 11.8 Å². The summed E-state index contributed by atoms with van der Waals surface area (Å²) in [6.45, 7) is 9.40. The van der Waals surface area contributed by atoms with Crippen LogP contribution in [0.3, 0.4) is 0 Å². The van der Waals surface area contributed by atoms with E-state index in [1.807, 2.05) is 25.1 Å². The second kappa shape index (κ2) is 7.17. The normalized spacial score (nSPS) is 30.8. The first-order chi connectivity index (χ1) is 14.2. The number of fused-ring (bicyclic) bond motifs is 2. The molecule has 1 aromatic rings. The molecule has 3 aliphatic heterocycles. The third kappa shape index (κ3) is 2.82. The number of halogens is 1. The number of alkyl halides is 1. The summed E-state index contributed by atoms with van der Waals surface area (Å²) in [7, 11) is 0. The Hall–Kier alpha value is -2.25. The first-order valence-corrected chi connectivity index (χ1v) is 10.5. The highest BCUT2D eigenvalue weighted by molar-refractivity contribution is 6.09. The minimum absolute atomic E-state index is 0.0394. The Balaban J connectivity index is 1.87. The zero-order valence-electron chi connectivity index (χ0n) is 17.7. The molecule has 162 valence electrons. The third-order valence-electron chi connectivity index (χ3n) is 6.83. The van der Waals surface area contributed by atoms with Crippen LogP contribution < -0.4 is 9.80 Å². The molecule has 3 aliphatic rings. The van der Waals surface area contributed by atoms with E-state index in [1.54, 1.807) is 15.9 Å². The highest BCUT2D eigenvalue weighted by Crippen LogP contribution is 2.58. The summed E-state index contributed by atoms with van der Waals surface area (Å²) in [5.74, 6) is -1.24. The number of benzene rings is 1. The average Bonchev–Trinajstić information content (AvgIpc) is 3.09. The van der Waals surface area contributed by atoms with Gasteiger partial charge in [0, 0.05) is 49.2 Å². The maximum absolute atomic E-state index is 15.3. The van der Waals surface area contributed by atoms with E-state index in [2.05, 4.69) is 6.58 Å². The molecule has 1 spiro atoms. The van der Waals surface area contributed by atoms with Crippen molar-refractivity contribution in [1.82, 2.24) is 0 Å². The monoisotopic (exact) mass is 416 g/mol. The average molecular weight is 416 g/mol. The van der Waals surface area contributed by atoms with Crippen molar-refractivity contribution in [2.75, 3.05) is 29.5 Å². The number of hydrogen-bond acceptors (Lipinski definition) is 4. The smallest absolute Gasteiger partial charge is 0.264 e. The number of β-lactam (4-membered cyclic amide) rings is 1. The van der Waals surface area contributed by atoms with Gasteiger partial charge in [0.1, 0.15) is 5.67 Å². The van der Waals surface area contributed by atoms with Gasteiger partial charge in [0.2, 0.25) is 5.91 Å². The molecule has 30 heavy (non-hydrogen) atoms. The molecule has 2 amide bonds. The number of aliphatic hydroxyl groups is 1. The summed E-state index contributed by atoms with van der Waals surface area (Å²) in [6.07, 6.45) is 1.81. The Morgan fingerprint density at radius 3 is 2.67 bits per heavy atom. The zero-order chi connectivity index (χ0) is 21.8. The lowest BCUT2D eigenvalue weighted by Crippen LogP contribution is -2.46. The lowest BCUT2D eigenvalue weighted by Gasteiger charge is -2.33. The Morgan fingerprint density at radius 2 is 2.13 bits per heavy atom. The van der Waals surface area contributed by atoms with Gasteiger partial charge in [-0.1, -0.05) is 13.0 Å². The number of hydrogen-bond donors (Lipinski definition) is 1. The summed E-state index contributed by atoms with van der Waals surface area (Å²) in [5.41, 5.74) is -0.872. The van der Waals surface area contributed by atoms with Crippen LogP contribution in [0.25, 0.3) is 0 Å². The van der Waals surface area contributed by atoms with Gasteiger partial charge < -0.3 is 19.6 Å². The topological polar surface area (TPSA) is 70.1 Å². The van der Waals surface area contributed by atoms with Crippen LogP contribution in [0.15, 0.2) is 30.9 Å². The molecule has 0 unspecified atom stereocenters. The largest absolute Gasteiger partial charge is 0.396 e. The summed E-state index contributed by atoms with van der Waals surface area (Å²) in [5, 5.41) is 9.56. The molecule has 2 saturated heterocycles. The standard InChI is InChI=1S/C23H29FN2O4/c1-5-10-26-17-7-6-15(25-11-8-19(25)28)13-16(17)23(21(26)29)14(2)20(22(3,4)24)18(30-23)9-12-27/h5-7,13-14,18,20,27H,1,8-12H2,2-4H3/t14-,18+,20-,23+/m1/s1. The quantitative estimate of drug-likeness (QED) is 0.572. The van der Waals surface area contributed by atoms with Crippen molar-refractivity contribution in [1.29, 1.82) is 0 Å². The van der Waals surface area contributed by atoms with Crippen molar-refractivity contribution in [3.63, 3.8) is 0 Å². The molecule has 0 radical (unpaired) electrons. The molecule has 0 aromatic heterocycles. The number of amides is 2. The van der Waals surface area contributed by atoms with Gasteiger partial charge in [-0.25, -0.2) is 4.39 Å². The summed E-state index contributed by atoms with van der Waals surface area (Å²) < 4.78 is 21.7. The van der Waals surface area contributed by atoms with Crippen LogP contribution in [-0.2, 0) is 19.9 Å². The van der Waals surface area contributed by atoms with E-state index >= 15 is 4.39 Å². The van der Waals surface area contributed by atoms with E-state index in [0.717, 1.165) is 5.69 Å². The number of nitrogens with zero attached hydrogens (tertiary/aromatic N) is 2. The maximum atomic E-state index is 15.3. The molecule has 7 heteroatoms. The molecule has 2 fully saturated rings. The van der Waals surface area contributed by atoms with Crippen LogP contribution in [0, 0.1) is 11.8 Å². The maximum Gasteiger partial charge on any atom is 0.264 e. The first-order valence-electron chi connectivity index (χ1n) is 10.5. The van der Waals surface area contributed by atoms with Gasteiger partial charge in [0.25, 0.3) is 5.91 Å². The molecule has 4 atom stereocenters. The molecule has 4 rings (SSSR count). The Morgan fingerprint density at radius 1 is 1.40 bits per heavy atom. The van der Waals surface area contributed by atoms with Gasteiger partial charge >= 0.3 is 0 Å². The van der Waals surface area contributed by atoms with Crippen molar-refractivity contribution in [2.45, 2.75) is 51.0 Å². The van der Waals surface area contributed by atoms with Gasteiger partial charge in [-0.2, -0.15) is 0 Å². The van der Waals surface area contributed by atoms with Crippen molar-refractivity contribution >= 4 is 23.2 Å². The third-order valence-corrected chi connectivity index (χ3v) is 6.83. The minimum atomic E-state index is -1.60. The van der Waals surface area contributed by atoms with Crippen LogP contribution in [-0.4, -0.2) is 48.4 Å². The predicted octanol–water partition coefficient (Wildman–Crippen LogP) is 2.93. The number of carbonyl (C=O) groups excluding carboxylic acids is 2. The molecule has 0 saturated carbocycles. The summed E-state index contributed by atoms with van der Waals surface area (Å²) in [4.78, 5) is 29.0. The van der Waals surface area contributed by atoms with E-state index in [0.29, 0.717) is 30.8 Å². The molecule has 6 nitrogen and oxygen atoms in total. The summed E-state index contributed by atoms with van der Waals surface area (Å²) in [6, 6.07) is 5.50. The highest BCUT2D eigenvalue weighted by atomic mass is 19.1. The fraction of sp³-hybridized carbons (Fsp3) is 0.565. The van der Waals surface area contributed by atoms with Crippen molar-refractivity contribution < 1.29 is 23.8 Å². The van der Waals surface area contributed by atoms with E-state index in [1.165, 1.54) is 13.8 Å². The molecule has 3 heterocycles. The van der Waals surface area contributed by atoms with E-state index in [-0.39, 0.29) is 24.8 Å². The van der Waals surface area contributed by atoms with Crippen molar-refractivity contribution in [3.05, 3.63) is 36.4 Å². The van der Waals surface area contributed by atoms with Crippen LogP contribution in [0.5, 0.6) is 0 Å². The van der Waals surface area contributed by atoms with Crippen molar-refractivity contribution in [2.24, 2.45) is 11.8 Å². The van der Waals surface area contributed by atoms with Crippen LogP contribution in [0.2, 0.25) is 0 Å². The fourth-order valence-corrected chi connectivity index (χ4v) is 5.50. The molecular formula is C23H29FN2O4. The number of rotatable bonds is 6. The van der Waals surface area contributed by atoms with Gasteiger partial charge in [-0.05, 0) is 38.5 Å². The lowest BCUT2D eigenvalue weighted by atomic mass is 9.71. The number of aliphatic hydroxyl groups excluding tert-OH is 1. The van der Waals surface area contributed by atoms with E-state index in [9.17, 15) is 14.7 Å². The Kier molecular flexibility index (Phi) is 5.02. The number of ether oxygens (including phenoxy) is 1. The minimum Gasteiger partial charge on any atom is -0.396 e. The van der Waals surface area contributed by atoms with Crippen LogP contribution >= 0.6 is 0 Å². The van der Waals surface area contributed by atoms with Gasteiger partial charge in [-0.3, -0.25) is 9.59 Å². The first kappa shape index (κ1) is 21.0. The second-order valence-corrected chi connectivity index (χ2v) is 8.98. The number of carbonyl (C=O) groups is 2. The Bertz CT molecular complexity index is 896. The SMILES string of the molecule is C=CCN1C(=O)[C@@]2(O[C@@H](CCO)[C@H](C(C)(C)F)[C@H]2C)c2cc(N3CCC3=O)ccc21. The van der Waals surface area contributed by atoms with Crippen molar-refractivity contribution in [3.8, 4) is 0 Å². The van der Waals surface area contributed by atoms with E-state index < -0.39 is 29.2 Å². The van der Waals surface area contributed by atoms with Crippen LogP contribution in [0.4, 0.5) is 15.8 Å². The highest BCUT2D eigenvalue weighted by Gasteiger charge is 2.66. The predicted molar refractivity (Wildman–Crippen MR) is 112 cm³/mol.